The van der Waals surface area contributed by atoms with Gasteiger partial charge in [-0.15, -0.1) is 0 Å². The predicted molar refractivity (Wildman–Crippen MR) is 315 cm³/mol. The summed E-state index contributed by atoms with van der Waals surface area (Å²) in [5, 5.41) is 0. The Labute approximate surface area is 448 Å². The van der Waals surface area contributed by atoms with E-state index in [9.17, 15) is 14.4 Å². The zero-order valence-corrected chi connectivity index (χ0v) is 46.6. The smallest absolute Gasteiger partial charge is 0.306 e. The maximum absolute atomic E-state index is 12.8. The number of ether oxygens (including phenoxy) is 3. The lowest BCUT2D eigenvalue weighted by atomic mass is 10.1. The van der Waals surface area contributed by atoms with Gasteiger partial charge in [-0.25, -0.2) is 0 Å². The number of hydrogen-bond acceptors (Lipinski definition) is 6. The first-order chi connectivity index (χ1) is 36.0. The van der Waals surface area contributed by atoms with Gasteiger partial charge in [0.1, 0.15) is 13.2 Å². The lowest BCUT2D eigenvalue weighted by molar-refractivity contribution is -0.167. The minimum atomic E-state index is -0.817. The summed E-state index contributed by atoms with van der Waals surface area (Å²) in [6.45, 7) is 6.29. The van der Waals surface area contributed by atoms with E-state index in [1.165, 1.54) is 25.7 Å². The molecule has 6 heteroatoms. The van der Waals surface area contributed by atoms with Crippen LogP contribution in [0.1, 0.15) is 226 Å². The fourth-order valence-corrected chi connectivity index (χ4v) is 7.19. The van der Waals surface area contributed by atoms with Gasteiger partial charge in [0.2, 0.25) is 0 Å². The second-order valence-electron chi connectivity index (χ2n) is 18.4. The third-order valence-corrected chi connectivity index (χ3v) is 11.5. The average Bonchev–Trinajstić information content (AvgIpc) is 3.39. The van der Waals surface area contributed by atoms with Crippen molar-refractivity contribution in [2.45, 2.75) is 232 Å². The van der Waals surface area contributed by atoms with Gasteiger partial charge < -0.3 is 14.2 Å². The van der Waals surface area contributed by atoms with E-state index in [-0.39, 0.29) is 37.5 Å². The minimum absolute atomic E-state index is 0.111. The van der Waals surface area contributed by atoms with Crippen LogP contribution in [0, 0.1) is 0 Å². The van der Waals surface area contributed by atoms with E-state index >= 15 is 0 Å². The van der Waals surface area contributed by atoms with Crippen molar-refractivity contribution < 1.29 is 28.6 Å². The monoisotopic (exact) mass is 1000 g/mol. The summed E-state index contributed by atoms with van der Waals surface area (Å²) < 4.78 is 16.7. The number of allylic oxidation sites excluding steroid dienone is 26. The highest BCUT2D eigenvalue weighted by Gasteiger charge is 2.19. The zero-order chi connectivity index (χ0) is 52.9. The second-order valence-corrected chi connectivity index (χ2v) is 18.4. The van der Waals surface area contributed by atoms with E-state index in [4.69, 9.17) is 14.2 Å². The molecule has 0 amide bonds. The number of carbonyl (C=O) groups excluding carboxylic acids is 3. The van der Waals surface area contributed by atoms with Crippen molar-refractivity contribution in [2.75, 3.05) is 13.2 Å². The van der Waals surface area contributed by atoms with Gasteiger partial charge in [-0.3, -0.25) is 14.4 Å². The van der Waals surface area contributed by atoms with Crippen LogP contribution in [0.15, 0.2) is 158 Å². The standard InChI is InChI=1S/C67H104O6/c1-4-7-10-13-16-19-22-24-25-26-27-28-29-30-31-32-33-34-35-36-37-38-39-40-41-43-45-48-51-54-57-60-66(69)72-63-64(62-71-65(68)59-56-53-50-47-44-21-18-15-12-9-6-3)73-67(70)61-58-55-52-49-46-42-23-20-17-14-11-8-5-2/h7-8,10-11,15-20,24-25,27-28,30-31,33-34,36-37,39-40,42-43,45-46,64H,4-6,9,12-14,21-23,26,29,32,35,38,41,44,47-63H2,1-3H3/b10-7-,11-8-,18-15-,19-16-,20-17-,25-24-,28-27-,31-30-,34-33-,37-36-,40-39-,45-43-,46-42-. The SMILES string of the molecule is CC/C=C\C/C=C\C/C=C\C/C=C\C/C=C\C/C=C\C/C=C\C/C=C\C/C=C\CCCCCC(=O)OCC(COC(=O)CCCCCCC/C=C\CCCC)OC(=O)CCCCC/C=C\C/C=C\C/C=C\CC. The Bertz CT molecular complexity index is 1670. The molecule has 0 aromatic heterocycles. The molecular formula is C67H104O6. The van der Waals surface area contributed by atoms with Crippen LogP contribution in [-0.4, -0.2) is 37.2 Å². The maximum atomic E-state index is 12.8. The molecule has 0 aromatic rings. The summed E-state index contributed by atoms with van der Waals surface area (Å²) in [5.41, 5.74) is 0. The van der Waals surface area contributed by atoms with Crippen molar-refractivity contribution in [1.82, 2.24) is 0 Å². The molecular weight excluding hydrogens is 901 g/mol. The first kappa shape index (κ1) is 68.0. The molecule has 0 saturated heterocycles. The van der Waals surface area contributed by atoms with Crippen molar-refractivity contribution in [3.63, 3.8) is 0 Å². The number of rotatable bonds is 50. The lowest BCUT2D eigenvalue weighted by Gasteiger charge is -2.18. The number of unbranched alkanes of at least 4 members (excludes halogenated alkanes) is 13. The second kappa shape index (κ2) is 59.6. The highest BCUT2D eigenvalue weighted by atomic mass is 16.6. The molecule has 408 valence electrons. The third kappa shape index (κ3) is 57.8. The summed E-state index contributed by atoms with van der Waals surface area (Å²) in [6.07, 6.45) is 86.8. The van der Waals surface area contributed by atoms with Crippen LogP contribution in [0.3, 0.4) is 0 Å². The lowest BCUT2D eigenvalue weighted by Crippen LogP contribution is -2.30. The number of hydrogen-bond donors (Lipinski definition) is 0. The molecule has 6 nitrogen and oxygen atoms in total. The molecule has 0 spiro atoms. The van der Waals surface area contributed by atoms with Crippen LogP contribution < -0.4 is 0 Å². The minimum Gasteiger partial charge on any atom is -0.462 e. The number of esters is 3. The average molecular weight is 1010 g/mol. The molecule has 0 aliphatic heterocycles. The normalized spacial score (nSPS) is 13.3. The summed E-state index contributed by atoms with van der Waals surface area (Å²) in [7, 11) is 0. The van der Waals surface area contributed by atoms with E-state index in [1.54, 1.807) is 0 Å². The van der Waals surface area contributed by atoms with E-state index in [1.807, 2.05) is 0 Å². The Morgan fingerprint density at radius 1 is 0.288 bits per heavy atom. The highest BCUT2D eigenvalue weighted by Crippen LogP contribution is 2.12. The van der Waals surface area contributed by atoms with Crippen LogP contribution in [0.2, 0.25) is 0 Å². The molecule has 0 saturated carbocycles. The van der Waals surface area contributed by atoms with Crippen molar-refractivity contribution in [3.8, 4) is 0 Å². The van der Waals surface area contributed by atoms with Gasteiger partial charge in [-0.1, -0.05) is 224 Å². The zero-order valence-electron chi connectivity index (χ0n) is 46.6. The Hall–Kier alpha value is -4.97. The van der Waals surface area contributed by atoms with E-state index in [0.717, 1.165) is 154 Å². The molecule has 0 aromatic carbocycles. The third-order valence-electron chi connectivity index (χ3n) is 11.5. The topological polar surface area (TPSA) is 78.9 Å². The summed E-state index contributed by atoms with van der Waals surface area (Å²) in [4.78, 5) is 38.0. The Balaban J connectivity index is 4.37. The molecule has 0 aliphatic carbocycles. The van der Waals surface area contributed by atoms with E-state index in [2.05, 4.69) is 179 Å². The molecule has 0 radical (unpaired) electrons. The van der Waals surface area contributed by atoms with Gasteiger partial charge in [-0.2, -0.15) is 0 Å². The number of carbonyl (C=O) groups is 3. The molecule has 0 heterocycles. The molecule has 0 fully saturated rings. The first-order valence-electron chi connectivity index (χ1n) is 29.0. The summed E-state index contributed by atoms with van der Waals surface area (Å²) in [6, 6.07) is 0. The predicted octanol–water partition coefficient (Wildman–Crippen LogP) is 19.8. The van der Waals surface area contributed by atoms with Gasteiger partial charge in [0, 0.05) is 19.3 Å². The maximum Gasteiger partial charge on any atom is 0.306 e. The van der Waals surface area contributed by atoms with Crippen LogP contribution in [0.25, 0.3) is 0 Å². The van der Waals surface area contributed by atoms with Crippen LogP contribution in [-0.2, 0) is 28.6 Å². The van der Waals surface area contributed by atoms with Crippen LogP contribution in [0.4, 0.5) is 0 Å². The molecule has 0 N–H and O–H groups in total. The van der Waals surface area contributed by atoms with Gasteiger partial charge in [0.15, 0.2) is 6.10 Å². The van der Waals surface area contributed by atoms with Crippen molar-refractivity contribution in [2.24, 2.45) is 0 Å². The summed E-state index contributed by atoms with van der Waals surface area (Å²) in [5.74, 6) is -0.996. The van der Waals surface area contributed by atoms with E-state index < -0.39 is 6.10 Å². The quantitative estimate of drug-likeness (QED) is 0.0261. The van der Waals surface area contributed by atoms with E-state index in [0.29, 0.717) is 19.3 Å². The van der Waals surface area contributed by atoms with Crippen LogP contribution in [0.5, 0.6) is 0 Å². The molecule has 1 atom stereocenters. The Kier molecular flexibility index (Phi) is 55.5. The Morgan fingerprint density at radius 2 is 0.534 bits per heavy atom. The molecule has 73 heavy (non-hydrogen) atoms. The Morgan fingerprint density at radius 3 is 0.863 bits per heavy atom. The fourth-order valence-electron chi connectivity index (χ4n) is 7.19. The molecule has 0 bridgehead atoms. The van der Waals surface area contributed by atoms with Crippen molar-refractivity contribution in [3.05, 3.63) is 158 Å². The van der Waals surface area contributed by atoms with Gasteiger partial charge in [0.25, 0.3) is 0 Å². The van der Waals surface area contributed by atoms with Gasteiger partial charge in [-0.05, 0) is 141 Å². The largest absolute Gasteiger partial charge is 0.462 e. The highest BCUT2D eigenvalue weighted by molar-refractivity contribution is 5.71. The van der Waals surface area contributed by atoms with Crippen molar-refractivity contribution >= 4 is 17.9 Å². The van der Waals surface area contributed by atoms with Gasteiger partial charge >= 0.3 is 17.9 Å². The fraction of sp³-hybridized carbons (Fsp3) is 0.567. The summed E-state index contributed by atoms with van der Waals surface area (Å²) >= 11 is 0. The van der Waals surface area contributed by atoms with Crippen molar-refractivity contribution in [1.29, 1.82) is 0 Å². The van der Waals surface area contributed by atoms with Crippen LogP contribution >= 0.6 is 0 Å². The molecule has 1 unspecified atom stereocenters. The molecule has 0 aliphatic rings. The molecule has 0 rings (SSSR count). The van der Waals surface area contributed by atoms with Gasteiger partial charge in [0.05, 0.1) is 0 Å². The first-order valence-corrected chi connectivity index (χ1v) is 29.0.